The molecular weight excluding hydrogens is 314 g/mol. The smallest absolute Gasteiger partial charge is 0.169 e. The van der Waals surface area contributed by atoms with Crippen LogP contribution in [-0.4, -0.2) is 6.54 Å². The van der Waals surface area contributed by atoms with E-state index in [1.165, 1.54) is 5.56 Å². The Morgan fingerprint density at radius 2 is 2.11 bits per heavy atom. The predicted molar refractivity (Wildman–Crippen MR) is 78.1 cm³/mol. The number of hydrogen-bond donors (Lipinski definition) is 1. The van der Waals surface area contributed by atoms with Gasteiger partial charge in [0.1, 0.15) is 5.76 Å². The molecule has 18 heavy (non-hydrogen) atoms. The Bertz CT molecular complexity index is 538. The molecule has 96 valence electrons. The quantitative estimate of drug-likeness (QED) is 0.880. The van der Waals surface area contributed by atoms with Gasteiger partial charge < -0.3 is 9.73 Å². The first-order chi connectivity index (χ1) is 8.61. The summed E-state index contributed by atoms with van der Waals surface area (Å²) in [6, 6.07) is 9.86. The zero-order chi connectivity index (χ0) is 13.1. The first kappa shape index (κ1) is 13.7. The van der Waals surface area contributed by atoms with Gasteiger partial charge in [0, 0.05) is 5.02 Å². The Balaban J connectivity index is 2.41. The molecule has 0 amide bonds. The van der Waals surface area contributed by atoms with Gasteiger partial charge in [-0.1, -0.05) is 24.6 Å². The third-order valence-corrected chi connectivity index (χ3v) is 3.49. The predicted octanol–water partition coefficient (Wildman–Crippen LogP) is 4.70. The lowest BCUT2D eigenvalue weighted by Gasteiger charge is -2.18. The molecule has 1 aromatic heterocycles. The molecule has 2 aromatic rings. The lowest BCUT2D eigenvalue weighted by molar-refractivity contribution is 0.437. The number of benzene rings is 1. The highest BCUT2D eigenvalue weighted by atomic mass is 79.9. The Hall–Kier alpha value is -0.770. The SMILES string of the molecule is CCNC(c1ccc(Br)o1)c1ccc(Cl)cc1C. The number of aryl methyl sites for hydroxylation is 1. The van der Waals surface area contributed by atoms with E-state index in [-0.39, 0.29) is 6.04 Å². The monoisotopic (exact) mass is 327 g/mol. The van der Waals surface area contributed by atoms with Gasteiger partial charge in [0.2, 0.25) is 0 Å². The standard InChI is InChI=1S/C14H15BrClNO/c1-3-17-14(12-6-7-13(15)18-12)11-5-4-10(16)8-9(11)2/h4-8,14,17H,3H2,1-2H3. The second kappa shape index (κ2) is 5.91. The fourth-order valence-electron chi connectivity index (χ4n) is 2.01. The number of halogens is 2. The molecule has 0 bridgehead atoms. The van der Waals surface area contributed by atoms with Crippen molar-refractivity contribution in [1.29, 1.82) is 0 Å². The Morgan fingerprint density at radius 1 is 1.33 bits per heavy atom. The summed E-state index contributed by atoms with van der Waals surface area (Å²) in [4.78, 5) is 0. The summed E-state index contributed by atoms with van der Waals surface area (Å²) >= 11 is 9.34. The fourth-order valence-corrected chi connectivity index (χ4v) is 2.56. The van der Waals surface area contributed by atoms with Gasteiger partial charge in [0.05, 0.1) is 6.04 Å². The van der Waals surface area contributed by atoms with Gasteiger partial charge in [-0.2, -0.15) is 0 Å². The molecule has 0 aliphatic carbocycles. The maximum absolute atomic E-state index is 6.00. The van der Waals surface area contributed by atoms with Crippen molar-refractivity contribution in [3.8, 4) is 0 Å². The van der Waals surface area contributed by atoms with Crippen LogP contribution >= 0.6 is 27.5 Å². The van der Waals surface area contributed by atoms with Crippen LogP contribution in [0.3, 0.4) is 0 Å². The fraction of sp³-hybridized carbons (Fsp3) is 0.286. The molecule has 1 heterocycles. The van der Waals surface area contributed by atoms with E-state index in [0.717, 1.165) is 27.6 Å². The summed E-state index contributed by atoms with van der Waals surface area (Å²) in [6.07, 6.45) is 0. The molecule has 1 atom stereocenters. The van der Waals surface area contributed by atoms with Crippen molar-refractivity contribution in [2.24, 2.45) is 0 Å². The third kappa shape index (κ3) is 2.97. The van der Waals surface area contributed by atoms with E-state index in [1.54, 1.807) is 0 Å². The lowest BCUT2D eigenvalue weighted by atomic mass is 9.99. The third-order valence-electron chi connectivity index (χ3n) is 2.83. The van der Waals surface area contributed by atoms with E-state index in [4.69, 9.17) is 16.0 Å². The number of furan rings is 1. The minimum Gasteiger partial charge on any atom is -0.452 e. The van der Waals surface area contributed by atoms with Crippen molar-refractivity contribution in [3.05, 3.63) is 56.9 Å². The van der Waals surface area contributed by atoms with E-state index < -0.39 is 0 Å². The van der Waals surface area contributed by atoms with E-state index in [0.29, 0.717) is 0 Å². The normalized spacial score (nSPS) is 12.7. The van der Waals surface area contributed by atoms with Gasteiger partial charge in [-0.25, -0.2) is 0 Å². The summed E-state index contributed by atoms with van der Waals surface area (Å²) < 4.78 is 6.40. The van der Waals surface area contributed by atoms with Gasteiger partial charge in [-0.15, -0.1) is 0 Å². The van der Waals surface area contributed by atoms with Crippen LogP contribution in [0.1, 0.15) is 29.9 Å². The summed E-state index contributed by atoms with van der Waals surface area (Å²) in [5.74, 6) is 0.897. The highest BCUT2D eigenvalue weighted by Gasteiger charge is 2.18. The number of hydrogen-bond acceptors (Lipinski definition) is 2. The second-order valence-electron chi connectivity index (χ2n) is 4.13. The van der Waals surface area contributed by atoms with E-state index in [2.05, 4.69) is 35.1 Å². The van der Waals surface area contributed by atoms with Crippen LogP contribution in [0.4, 0.5) is 0 Å². The molecule has 0 radical (unpaired) electrons. The van der Waals surface area contributed by atoms with Crippen LogP contribution in [0, 0.1) is 6.92 Å². The maximum Gasteiger partial charge on any atom is 0.169 e. The largest absolute Gasteiger partial charge is 0.452 e. The van der Waals surface area contributed by atoms with Crippen LogP contribution in [-0.2, 0) is 0 Å². The van der Waals surface area contributed by atoms with Gasteiger partial charge in [-0.3, -0.25) is 0 Å². The molecule has 2 nitrogen and oxygen atoms in total. The molecule has 1 unspecified atom stereocenters. The van der Waals surface area contributed by atoms with Gasteiger partial charge >= 0.3 is 0 Å². The van der Waals surface area contributed by atoms with Crippen LogP contribution in [0.15, 0.2) is 39.4 Å². The van der Waals surface area contributed by atoms with Crippen molar-refractivity contribution in [2.45, 2.75) is 19.9 Å². The van der Waals surface area contributed by atoms with Crippen molar-refractivity contribution in [2.75, 3.05) is 6.54 Å². The summed E-state index contributed by atoms with van der Waals surface area (Å²) in [5, 5.41) is 4.19. The van der Waals surface area contributed by atoms with Gasteiger partial charge in [0.25, 0.3) is 0 Å². The molecule has 0 saturated heterocycles. The van der Waals surface area contributed by atoms with E-state index in [1.807, 2.05) is 30.3 Å². The molecule has 4 heteroatoms. The molecule has 0 fully saturated rings. The molecule has 1 N–H and O–H groups in total. The lowest BCUT2D eigenvalue weighted by Crippen LogP contribution is -2.22. The van der Waals surface area contributed by atoms with Crippen molar-refractivity contribution < 1.29 is 4.42 Å². The Morgan fingerprint density at radius 3 is 2.67 bits per heavy atom. The first-order valence-electron chi connectivity index (χ1n) is 5.86. The molecule has 2 rings (SSSR count). The van der Waals surface area contributed by atoms with Gasteiger partial charge in [0.15, 0.2) is 4.67 Å². The zero-order valence-electron chi connectivity index (χ0n) is 10.3. The highest BCUT2D eigenvalue weighted by Crippen LogP contribution is 2.29. The second-order valence-corrected chi connectivity index (χ2v) is 5.35. The minimum atomic E-state index is 0.0542. The van der Waals surface area contributed by atoms with Crippen LogP contribution in [0.2, 0.25) is 5.02 Å². The van der Waals surface area contributed by atoms with E-state index in [9.17, 15) is 0 Å². The van der Waals surface area contributed by atoms with Crippen molar-refractivity contribution in [3.63, 3.8) is 0 Å². The van der Waals surface area contributed by atoms with Crippen molar-refractivity contribution in [1.82, 2.24) is 5.32 Å². The molecule has 0 saturated carbocycles. The summed E-state index contributed by atoms with van der Waals surface area (Å²) in [6.45, 7) is 5.00. The average Bonchev–Trinajstić information content (AvgIpc) is 2.73. The van der Waals surface area contributed by atoms with Crippen molar-refractivity contribution >= 4 is 27.5 Å². The van der Waals surface area contributed by atoms with E-state index >= 15 is 0 Å². The molecule has 0 spiro atoms. The topological polar surface area (TPSA) is 25.2 Å². The number of rotatable bonds is 4. The minimum absolute atomic E-state index is 0.0542. The van der Waals surface area contributed by atoms with Crippen LogP contribution < -0.4 is 5.32 Å². The molecule has 0 aliphatic rings. The number of nitrogens with one attached hydrogen (secondary N) is 1. The molecular formula is C14H15BrClNO. The Labute approximate surface area is 120 Å². The average molecular weight is 329 g/mol. The van der Waals surface area contributed by atoms with Crippen LogP contribution in [0.5, 0.6) is 0 Å². The summed E-state index contributed by atoms with van der Waals surface area (Å²) in [7, 11) is 0. The van der Waals surface area contributed by atoms with Gasteiger partial charge in [-0.05, 0) is 64.8 Å². The zero-order valence-corrected chi connectivity index (χ0v) is 12.7. The Kier molecular flexibility index (Phi) is 4.49. The maximum atomic E-state index is 6.00. The highest BCUT2D eigenvalue weighted by molar-refractivity contribution is 9.10. The molecule has 0 aliphatic heterocycles. The molecule has 1 aromatic carbocycles. The van der Waals surface area contributed by atoms with Crippen LogP contribution in [0.25, 0.3) is 0 Å². The summed E-state index contributed by atoms with van der Waals surface area (Å²) in [5.41, 5.74) is 2.34. The first-order valence-corrected chi connectivity index (χ1v) is 7.03.